The maximum absolute atomic E-state index is 13.6. The Morgan fingerprint density at radius 2 is 2.07 bits per heavy atom. The van der Waals surface area contributed by atoms with Crippen LogP contribution in [0.1, 0.15) is 0 Å². The van der Waals surface area contributed by atoms with E-state index in [0.29, 0.717) is 16.9 Å². The summed E-state index contributed by atoms with van der Waals surface area (Å²) in [6, 6.07) is 10.5. The SMILES string of the molecule is O=C(CSc1nnc2ccc(-c3cccs3)nn12)Nc1ccc(F)cc1F. The Morgan fingerprint density at radius 3 is 2.85 bits per heavy atom. The molecule has 136 valence electrons. The summed E-state index contributed by atoms with van der Waals surface area (Å²) in [5.41, 5.74) is 1.26. The molecule has 0 saturated carbocycles. The predicted molar refractivity (Wildman–Crippen MR) is 99.8 cm³/mol. The van der Waals surface area contributed by atoms with Crippen molar-refractivity contribution in [1.82, 2.24) is 19.8 Å². The zero-order valence-corrected chi connectivity index (χ0v) is 15.2. The van der Waals surface area contributed by atoms with Crippen LogP contribution in [0.25, 0.3) is 16.2 Å². The number of hydrogen-bond acceptors (Lipinski definition) is 6. The number of thioether (sulfide) groups is 1. The third-order valence-electron chi connectivity index (χ3n) is 3.55. The van der Waals surface area contributed by atoms with Crippen LogP contribution in [0.4, 0.5) is 14.5 Å². The van der Waals surface area contributed by atoms with Crippen LogP contribution in [0.15, 0.2) is 53.0 Å². The van der Waals surface area contributed by atoms with E-state index in [-0.39, 0.29) is 11.4 Å². The van der Waals surface area contributed by atoms with Gasteiger partial charge >= 0.3 is 0 Å². The molecule has 0 aliphatic carbocycles. The smallest absolute Gasteiger partial charge is 0.234 e. The van der Waals surface area contributed by atoms with Crippen molar-refractivity contribution in [2.45, 2.75) is 5.16 Å². The van der Waals surface area contributed by atoms with Crippen LogP contribution in [0.3, 0.4) is 0 Å². The fourth-order valence-corrected chi connectivity index (χ4v) is 3.70. The number of fused-ring (bicyclic) bond motifs is 1. The minimum atomic E-state index is -0.830. The Labute approximate surface area is 160 Å². The summed E-state index contributed by atoms with van der Waals surface area (Å²) >= 11 is 2.69. The second kappa shape index (κ2) is 7.41. The van der Waals surface area contributed by atoms with Crippen molar-refractivity contribution in [3.8, 4) is 10.6 Å². The quantitative estimate of drug-likeness (QED) is 0.512. The van der Waals surface area contributed by atoms with Crippen LogP contribution in [0.2, 0.25) is 0 Å². The van der Waals surface area contributed by atoms with Crippen LogP contribution in [0, 0.1) is 11.6 Å². The molecule has 1 N–H and O–H groups in total. The molecule has 0 atom stereocenters. The third-order valence-corrected chi connectivity index (χ3v) is 5.36. The number of halogens is 2. The monoisotopic (exact) mass is 403 g/mol. The Morgan fingerprint density at radius 1 is 1.19 bits per heavy atom. The predicted octanol–water partition coefficient (Wildman–Crippen LogP) is 3.86. The molecule has 0 aliphatic rings. The molecule has 1 aromatic carbocycles. The number of nitrogens with zero attached hydrogens (tertiary/aromatic N) is 4. The maximum Gasteiger partial charge on any atom is 0.234 e. The Hall–Kier alpha value is -2.85. The Balaban J connectivity index is 1.48. The summed E-state index contributed by atoms with van der Waals surface area (Å²) < 4.78 is 28.1. The fourth-order valence-electron chi connectivity index (χ4n) is 2.32. The van der Waals surface area contributed by atoms with Gasteiger partial charge in [0.1, 0.15) is 17.3 Å². The van der Waals surface area contributed by atoms with Crippen molar-refractivity contribution < 1.29 is 13.6 Å². The van der Waals surface area contributed by atoms with Crippen molar-refractivity contribution in [2.75, 3.05) is 11.1 Å². The van der Waals surface area contributed by atoms with E-state index in [1.165, 1.54) is 6.07 Å². The molecule has 0 spiro atoms. The first-order chi connectivity index (χ1) is 13.1. The van der Waals surface area contributed by atoms with E-state index >= 15 is 0 Å². The van der Waals surface area contributed by atoms with E-state index in [0.717, 1.165) is 28.4 Å². The molecule has 0 fully saturated rings. The number of carbonyl (C=O) groups is 1. The molecule has 3 aromatic heterocycles. The molecule has 27 heavy (non-hydrogen) atoms. The lowest BCUT2D eigenvalue weighted by molar-refractivity contribution is -0.113. The molecule has 0 unspecified atom stereocenters. The van der Waals surface area contributed by atoms with Gasteiger partial charge in [-0.05, 0) is 35.7 Å². The first kappa shape index (κ1) is 17.6. The summed E-state index contributed by atoms with van der Waals surface area (Å²) in [6.45, 7) is 0. The average molecular weight is 403 g/mol. The van der Waals surface area contributed by atoms with Gasteiger partial charge in [0.2, 0.25) is 11.1 Å². The summed E-state index contributed by atoms with van der Waals surface area (Å²) in [6.07, 6.45) is 0. The summed E-state index contributed by atoms with van der Waals surface area (Å²) in [4.78, 5) is 13.1. The third kappa shape index (κ3) is 3.81. The zero-order chi connectivity index (χ0) is 18.8. The maximum atomic E-state index is 13.6. The lowest BCUT2D eigenvalue weighted by Crippen LogP contribution is -2.15. The van der Waals surface area contributed by atoms with Crippen molar-refractivity contribution in [3.05, 3.63) is 59.5 Å². The topological polar surface area (TPSA) is 72.2 Å². The fraction of sp³-hybridized carbons (Fsp3) is 0.0588. The van der Waals surface area contributed by atoms with E-state index in [1.807, 2.05) is 23.6 Å². The lowest BCUT2D eigenvalue weighted by atomic mass is 10.3. The number of anilines is 1. The Bertz CT molecular complexity index is 1110. The first-order valence-electron chi connectivity index (χ1n) is 7.74. The standard InChI is InChI=1S/C17H11F2N5OS2/c18-10-3-4-12(11(19)8-10)20-16(25)9-27-17-22-21-15-6-5-13(23-24(15)17)14-2-1-7-26-14/h1-8H,9H2,(H,20,25). The molecule has 0 bridgehead atoms. The number of benzene rings is 1. The van der Waals surface area contributed by atoms with E-state index in [1.54, 1.807) is 21.9 Å². The molecule has 4 rings (SSSR count). The van der Waals surface area contributed by atoms with Gasteiger partial charge in [-0.1, -0.05) is 17.8 Å². The molecule has 0 radical (unpaired) electrons. The van der Waals surface area contributed by atoms with Crippen LogP contribution >= 0.6 is 23.1 Å². The molecular formula is C17H11F2N5OS2. The number of nitrogens with one attached hydrogen (secondary N) is 1. The van der Waals surface area contributed by atoms with Gasteiger partial charge in [0.15, 0.2) is 5.65 Å². The van der Waals surface area contributed by atoms with Crippen LogP contribution in [0.5, 0.6) is 0 Å². The number of rotatable bonds is 5. The molecule has 10 heteroatoms. The van der Waals surface area contributed by atoms with E-state index in [2.05, 4.69) is 20.6 Å². The van der Waals surface area contributed by atoms with Crippen molar-refractivity contribution >= 4 is 40.3 Å². The second-order valence-electron chi connectivity index (χ2n) is 5.41. The average Bonchev–Trinajstić information content (AvgIpc) is 3.31. The number of thiophene rings is 1. The van der Waals surface area contributed by atoms with Gasteiger partial charge in [-0.2, -0.15) is 9.61 Å². The highest BCUT2D eigenvalue weighted by molar-refractivity contribution is 7.99. The Kier molecular flexibility index (Phi) is 4.82. The highest BCUT2D eigenvalue weighted by atomic mass is 32.2. The van der Waals surface area contributed by atoms with E-state index in [4.69, 9.17) is 0 Å². The molecule has 6 nitrogen and oxygen atoms in total. The highest BCUT2D eigenvalue weighted by Crippen LogP contribution is 2.24. The van der Waals surface area contributed by atoms with Crippen LogP contribution in [-0.4, -0.2) is 31.5 Å². The molecule has 1 amide bonds. The lowest BCUT2D eigenvalue weighted by Gasteiger charge is -2.06. The van der Waals surface area contributed by atoms with Gasteiger partial charge in [0.25, 0.3) is 0 Å². The molecular weight excluding hydrogens is 392 g/mol. The van der Waals surface area contributed by atoms with Gasteiger partial charge in [0, 0.05) is 6.07 Å². The number of hydrogen-bond donors (Lipinski definition) is 1. The molecule has 0 saturated heterocycles. The summed E-state index contributed by atoms with van der Waals surface area (Å²) in [5.74, 6) is -2.01. The molecule has 0 aliphatic heterocycles. The van der Waals surface area contributed by atoms with Crippen molar-refractivity contribution in [1.29, 1.82) is 0 Å². The number of aromatic nitrogens is 4. The van der Waals surface area contributed by atoms with E-state index in [9.17, 15) is 13.6 Å². The van der Waals surface area contributed by atoms with Crippen LogP contribution in [-0.2, 0) is 4.79 Å². The minimum Gasteiger partial charge on any atom is -0.323 e. The summed E-state index contributed by atoms with van der Waals surface area (Å²) in [7, 11) is 0. The van der Waals surface area contributed by atoms with Gasteiger partial charge in [-0.3, -0.25) is 4.79 Å². The van der Waals surface area contributed by atoms with Gasteiger partial charge < -0.3 is 5.32 Å². The van der Waals surface area contributed by atoms with Crippen molar-refractivity contribution in [3.63, 3.8) is 0 Å². The van der Waals surface area contributed by atoms with Gasteiger partial charge in [0.05, 0.1) is 16.3 Å². The van der Waals surface area contributed by atoms with Gasteiger partial charge in [-0.25, -0.2) is 8.78 Å². The van der Waals surface area contributed by atoms with E-state index < -0.39 is 17.5 Å². The minimum absolute atomic E-state index is 0.0253. The van der Waals surface area contributed by atoms with Crippen molar-refractivity contribution in [2.24, 2.45) is 0 Å². The first-order valence-corrected chi connectivity index (χ1v) is 9.61. The second-order valence-corrected chi connectivity index (χ2v) is 7.30. The zero-order valence-electron chi connectivity index (χ0n) is 13.6. The molecule has 4 aromatic rings. The highest BCUT2D eigenvalue weighted by Gasteiger charge is 2.13. The molecule has 3 heterocycles. The largest absolute Gasteiger partial charge is 0.323 e. The van der Waals surface area contributed by atoms with Gasteiger partial charge in [-0.15, -0.1) is 21.5 Å². The summed E-state index contributed by atoms with van der Waals surface area (Å²) in [5, 5.41) is 17.4. The normalized spacial score (nSPS) is 11.0. The number of amides is 1. The number of carbonyl (C=O) groups excluding carboxylic acids is 1. The van der Waals surface area contributed by atoms with Crippen LogP contribution < -0.4 is 5.32 Å².